The lowest BCUT2D eigenvalue weighted by Crippen LogP contribution is -2.35. The summed E-state index contributed by atoms with van der Waals surface area (Å²) < 4.78 is 3.55. The summed E-state index contributed by atoms with van der Waals surface area (Å²) in [7, 11) is 0. The van der Waals surface area contributed by atoms with Crippen molar-refractivity contribution in [3.63, 3.8) is 0 Å². The van der Waals surface area contributed by atoms with Crippen LogP contribution in [0.5, 0.6) is 0 Å². The Hall–Kier alpha value is -3.35. The number of nitro benzene ring substituents is 1. The van der Waals surface area contributed by atoms with E-state index in [-0.39, 0.29) is 5.69 Å². The Labute approximate surface area is 132 Å². The third kappa shape index (κ3) is 3.65. The number of pyridine rings is 1. The number of hydrogen-bond donors (Lipinski definition) is 0. The van der Waals surface area contributed by atoms with Gasteiger partial charge in [0.15, 0.2) is 0 Å². The van der Waals surface area contributed by atoms with Crippen molar-refractivity contribution in [2.45, 2.75) is 6.54 Å². The van der Waals surface area contributed by atoms with E-state index in [1.54, 1.807) is 23.0 Å². The van der Waals surface area contributed by atoms with E-state index < -0.39 is 4.92 Å². The Balaban J connectivity index is 1.92. The fourth-order valence-corrected chi connectivity index (χ4v) is 2.08. The Morgan fingerprint density at radius 3 is 2.57 bits per heavy atom. The van der Waals surface area contributed by atoms with Crippen LogP contribution in [0.25, 0.3) is 0 Å². The third-order valence-electron chi connectivity index (χ3n) is 3.20. The van der Waals surface area contributed by atoms with Gasteiger partial charge in [0.1, 0.15) is 0 Å². The van der Waals surface area contributed by atoms with Gasteiger partial charge in [0.05, 0.1) is 11.5 Å². The topological polar surface area (TPSA) is 77.2 Å². The minimum atomic E-state index is -0.409. The maximum absolute atomic E-state index is 10.7. The van der Waals surface area contributed by atoms with Crippen molar-refractivity contribution >= 4 is 5.69 Å². The summed E-state index contributed by atoms with van der Waals surface area (Å²) >= 11 is 0. The van der Waals surface area contributed by atoms with Crippen LogP contribution in [-0.2, 0) is 6.54 Å². The first-order valence-corrected chi connectivity index (χ1v) is 6.98. The molecule has 0 fully saturated rings. The van der Waals surface area contributed by atoms with Crippen LogP contribution in [0.3, 0.4) is 0 Å². The van der Waals surface area contributed by atoms with Crippen LogP contribution in [0.4, 0.5) is 5.69 Å². The largest absolute Gasteiger partial charge is 0.308 e. The first kappa shape index (κ1) is 14.6. The van der Waals surface area contributed by atoms with E-state index >= 15 is 0 Å². The average Bonchev–Trinajstić information content (AvgIpc) is 2.58. The van der Waals surface area contributed by atoms with E-state index in [1.165, 1.54) is 12.1 Å². The minimum absolute atomic E-state index is 0.0784. The molecule has 0 saturated heterocycles. The van der Waals surface area contributed by atoms with Gasteiger partial charge in [0, 0.05) is 41.8 Å². The van der Waals surface area contributed by atoms with Crippen molar-refractivity contribution < 1.29 is 9.60 Å². The molecule has 0 spiro atoms. The minimum Gasteiger partial charge on any atom is -0.308 e. The zero-order valence-electron chi connectivity index (χ0n) is 12.2. The van der Waals surface area contributed by atoms with E-state index in [1.807, 2.05) is 47.4 Å². The van der Waals surface area contributed by atoms with E-state index in [2.05, 4.69) is 10.1 Å². The predicted molar refractivity (Wildman–Crippen MR) is 82.0 cm³/mol. The van der Waals surface area contributed by atoms with Gasteiger partial charge in [0.2, 0.25) is 12.4 Å². The summed E-state index contributed by atoms with van der Waals surface area (Å²) in [5, 5.41) is 15.1. The average molecular weight is 308 g/mol. The van der Waals surface area contributed by atoms with E-state index in [0.29, 0.717) is 12.2 Å². The molecule has 0 atom stereocenters. The molecule has 0 aliphatic rings. The summed E-state index contributed by atoms with van der Waals surface area (Å²) in [5.74, 6) is 0. The summed E-state index contributed by atoms with van der Waals surface area (Å²) in [4.78, 5) is 14.6. The summed E-state index contributed by atoms with van der Waals surface area (Å²) in [6.07, 6.45) is 7.20. The van der Waals surface area contributed by atoms with Gasteiger partial charge in [-0.3, -0.25) is 10.1 Å². The molecule has 7 nitrogen and oxygen atoms in total. The van der Waals surface area contributed by atoms with Gasteiger partial charge in [-0.1, -0.05) is 22.9 Å². The predicted octanol–water partition coefficient (Wildman–Crippen LogP) is 1.49. The lowest BCUT2D eigenvalue weighted by molar-refractivity contribution is -0.683. The molecule has 2 aromatic heterocycles. The van der Waals surface area contributed by atoms with Gasteiger partial charge in [-0.2, -0.15) is 0 Å². The molecule has 3 aromatic rings. The molecule has 0 aliphatic heterocycles. The Kier molecular flexibility index (Phi) is 4.19. The van der Waals surface area contributed by atoms with Crippen LogP contribution >= 0.6 is 0 Å². The van der Waals surface area contributed by atoms with Crippen LogP contribution in [-0.4, -0.2) is 14.5 Å². The molecule has 23 heavy (non-hydrogen) atoms. The number of aromatic nitrogens is 3. The zero-order chi connectivity index (χ0) is 16.1. The Morgan fingerprint density at radius 1 is 1.13 bits per heavy atom. The summed E-state index contributed by atoms with van der Waals surface area (Å²) in [6, 6.07) is 14.0. The highest BCUT2D eigenvalue weighted by Crippen LogP contribution is 2.12. The standard InChI is InChI=1S/C16H14N5O2/c22-21(23)15-7-5-14(6-8-15)13-19-10-4-9-17-16(19)18-20-11-2-1-3-12-20/h1-12H,13H2/q+1/b18-16+. The lowest BCUT2D eigenvalue weighted by Gasteiger charge is -2.05. The molecule has 0 saturated carbocycles. The van der Waals surface area contributed by atoms with Gasteiger partial charge in [-0.25, -0.2) is 4.98 Å². The molecule has 3 rings (SSSR count). The molecular formula is C16H14N5O2+. The van der Waals surface area contributed by atoms with Crippen LogP contribution in [0, 0.1) is 10.1 Å². The number of rotatable bonds is 4. The van der Waals surface area contributed by atoms with E-state index in [9.17, 15) is 10.1 Å². The molecule has 0 aliphatic carbocycles. The SMILES string of the molecule is O=[N+]([O-])c1ccc(Cn2cccn/c2=N\[n+]2ccccc2)cc1. The molecule has 114 valence electrons. The Morgan fingerprint density at radius 2 is 1.87 bits per heavy atom. The first-order valence-electron chi connectivity index (χ1n) is 6.98. The number of nitro groups is 1. The number of nitrogens with zero attached hydrogens (tertiary/aromatic N) is 5. The first-order chi connectivity index (χ1) is 11.2. The summed E-state index contributed by atoms with van der Waals surface area (Å²) in [5.41, 5.74) is 1.56. The van der Waals surface area contributed by atoms with Crippen molar-refractivity contribution in [2.24, 2.45) is 5.10 Å². The van der Waals surface area contributed by atoms with Crippen LogP contribution in [0.2, 0.25) is 0 Å². The summed E-state index contributed by atoms with van der Waals surface area (Å²) in [6.45, 7) is 0.526. The molecule has 0 radical (unpaired) electrons. The van der Waals surface area contributed by atoms with Crippen molar-refractivity contribution in [3.8, 4) is 0 Å². The molecule has 1 aromatic carbocycles. The fraction of sp³-hybridized carbons (Fsp3) is 0.0625. The van der Waals surface area contributed by atoms with Crippen LogP contribution in [0.15, 0.2) is 78.4 Å². The Bertz CT molecular complexity index is 873. The molecule has 0 unspecified atom stereocenters. The maximum atomic E-state index is 10.7. The van der Waals surface area contributed by atoms with Crippen molar-refractivity contribution in [1.29, 1.82) is 0 Å². The highest BCUT2D eigenvalue weighted by molar-refractivity contribution is 5.32. The lowest BCUT2D eigenvalue weighted by atomic mass is 10.2. The van der Waals surface area contributed by atoms with Crippen LogP contribution < -0.4 is 10.3 Å². The molecule has 7 heteroatoms. The maximum Gasteiger partial charge on any atom is 0.295 e. The second-order valence-corrected chi connectivity index (χ2v) is 4.83. The van der Waals surface area contributed by atoms with Crippen molar-refractivity contribution in [3.05, 3.63) is 94.6 Å². The van der Waals surface area contributed by atoms with Gasteiger partial charge >= 0.3 is 0 Å². The number of hydrogen-bond acceptors (Lipinski definition) is 4. The highest BCUT2D eigenvalue weighted by atomic mass is 16.6. The number of non-ortho nitro benzene ring substituents is 1. The van der Waals surface area contributed by atoms with Crippen molar-refractivity contribution in [2.75, 3.05) is 0 Å². The second kappa shape index (κ2) is 6.61. The van der Waals surface area contributed by atoms with E-state index in [0.717, 1.165) is 5.56 Å². The molecule has 2 heterocycles. The smallest absolute Gasteiger partial charge is 0.295 e. The molecule has 0 N–H and O–H groups in total. The highest BCUT2D eigenvalue weighted by Gasteiger charge is 2.05. The van der Waals surface area contributed by atoms with Gasteiger partial charge in [0.25, 0.3) is 11.3 Å². The molecular weight excluding hydrogens is 294 g/mol. The fourth-order valence-electron chi connectivity index (χ4n) is 2.08. The van der Waals surface area contributed by atoms with Gasteiger partial charge < -0.3 is 4.57 Å². The van der Waals surface area contributed by atoms with Crippen LogP contribution in [0.1, 0.15) is 5.56 Å². The van der Waals surface area contributed by atoms with E-state index in [4.69, 9.17) is 0 Å². The zero-order valence-corrected chi connectivity index (χ0v) is 12.2. The van der Waals surface area contributed by atoms with Gasteiger partial charge in [-0.05, 0) is 11.6 Å². The molecule has 0 amide bonds. The normalized spacial score (nSPS) is 11.4. The quantitative estimate of drug-likeness (QED) is 0.416. The number of benzene rings is 1. The second-order valence-electron chi connectivity index (χ2n) is 4.83. The molecule has 0 bridgehead atoms. The van der Waals surface area contributed by atoms with Gasteiger partial charge in [-0.15, -0.1) is 0 Å². The monoisotopic (exact) mass is 308 g/mol. The van der Waals surface area contributed by atoms with Crippen molar-refractivity contribution in [1.82, 2.24) is 9.55 Å². The third-order valence-corrected chi connectivity index (χ3v) is 3.20.